The van der Waals surface area contributed by atoms with Crippen LogP contribution in [0.15, 0.2) is 24.4 Å². The van der Waals surface area contributed by atoms with Gasteiger partial charge < -0.3 is 26.8 Å². The first-order valence-electron chi connectivity index (χ1n) is 8.96. The van der Waals surface area contributed by atoms with Crippen LogP contribution in [0.5, 0.6) is 5.75 Å². The number of rotatable bonds is 6. The summed E-state index contributed by atoms with van der Waals surface area (Å²) in [7, 11) is -1.68. The van der Waals surface area contributed by atoms with Gasteiger partial charge in [0.2, 0.25) is 0 Å². The molecular formula is C18H24N6O4S. The summed E-state index contributed by atoms with van der Waals surface area (Å²) in [6.07, 6.45) is 2.35. The Bertz CT molecular complexity index is 1040. The molecule has 1 saturated heterocycles. The minimum absolute atomic E-state index is 0.0140. The standard InChI is InChI=1S/C18H24N6O4S/c1-11-6-13(28-2)8-15(22-11)23-14-7-12(9-21-16(14)17(19)25)24-18(20)4-3-5-29(26,27)10-18/h6-9,24H,3-5,10,20H2,1-2H3,(H2,19,25)(H,22,23)/t18-/m0/s1. The van der Waals surface area contributed by atoms with Gasteiger partial charge in [-0.05, 0) is 25.8 Å². The van der Waals surface area contributed by atoms with Crippen LogP contribution < -0.4 is 26.8 Å². The first kappa shape index (κ1) is 20.8. The van der Waals surface area contributed by atoms with Gasteiger partial charge in [0.05, 0.1) is 41.8 Å². The van der Waals surface area contributed by atoms with Gasteiger partial charge in [0, 0.05) is 17.8 Å². The highest BCUT2D eigenvalue weighted by Crippen LogP contribution is 2.28. The SMILES string of the molecule is COc1cc(C)nc(Nc2cc(N[C@@]3(N)CCCS(=O)(=O)C3)cnc2C(N)=O)c1. The summed E-state index contributed by atoms with van der Waals surface area (Å²) in [6.45, 7) is 1.81. The molecule has 0 saturated carbocycles. The molecule has 1 atom stereocenters. The average Bonchev–Trinajstić information content (AvgIpc) is 2.59. The Balaban J connectivity index is 1.92. The van der Waals surface area contributed by atoms with Crippen molar-refractivity contribution in [2.45, 2.75) is 25.4 Å². The van der Waals surface area contributed by atoms with Gasteiger partial charge in [-0.3, -0.25) is 4.79 Å². The summed E-state index contributed by atoms with van der Waals surface area (Å²) in [5, 5.41) is 6.06. The molecule has 0 aromatic carbocycles. The summed E-state index contributed by atoms with van der Waals surface area (Å²) in [6, 6.07) is 5.02. The van der Waals surface area contributed by atoms with Gasteiger partial charge in [-0.15, -0.1) is 0 Å². The van der Waals surface area contributed by atoms with Crippen molar-refractivity contribution >= 4 is 32.9 Å². The van der Waals surface area contributed by atoms with E-state index < -0.39 is 21.4 Å². The number of anilines is 3. The first-order valence-corrected chi connectivity index (χ1v) is 10.8. The van der Waals surface area contributed by atoms with Crippen molar-refractivity contribution in [1.29, 1.82) is 0 Å². The predicted octanol–water partition coefficient (Wildman–Crippen LogP) is 0.912. The summed E-state index contributed by atoms with van der Waals surface area (Å²) in [5.74, 6) is 0.250. The van der Waals surface area contributed by atoms with E-state index in [2.05, 4.69) is 20.6 Å². The molecule has 1 aliphatic heterocycles. The lowest BCUT2D eigenvalue weighted by atomic mass is 10.1. The Kier molecular flexibility index (Phi) is 5.62. The smallest absolute Gasteiger partial charge is 0.269 e. The van der Waals surface area contributed by atoms with Crippen LogP contribution in [0.4, 0.5) is 17.2 Å². The van der Waals surface area contributed by atoms with Crippen molar-refractivity contribution in [3.05, 3.63) is 35.8 Å². The van der Waals surface area contributed by atoms with E-state index in [4.69, 9.17) is 16.2 Å². The number of primary amides is 1. The fourth-order valence-electron chi connectivity index (χ4n) is 3.31. The zero-order chi connectivity index (χ0) is 21.2. The molecule has 10 nitrogen and oxygen atoms in total. The molecule has 0 aliphatic carbocycles. The van der Waals surface area contributed by atoms with Crippen LogP contribution in [-0.4, -0.2) is 48.6 Å². The quantitative estimate of drug-likeness (QED) is 0.497. The second-order valence-corrected chi connectivity index (χ2v) is 9.30. The number of methoxy groups -OCH3 is 1. The molecule has 1 amide bonds. The van der Waals surface area contributed by atoms with Crippen LogP contribution >= 0.6 is 0 Å². The summed E-state index contributed by atoms with van der Waals surface area (Å²) < 4.78 is 29.2. The van der Waals surface area contributed by atoms with Crippen LogP contribution in [0.2, 0.25) is 0 Å². The fourth-order valence-corrected chi connectivity index (χ4v) is 5.04. The topological polar surface area (TPSA) is 162 Å². The van der Waals surface area contributed by atoms with Crippen LogP contribution in [-0.2, 0) is 9.84 Å². The molecule has 3 rings (SSSR count). The number of carbonyl (C=O) groups excluding carboxylic acids is 1. The molecule has 2 aromatic rings. The van der Waals surface area contributed by atoms with E-state index >= 15 is 0 Å². The highest BCUT2D eigenvalue weighted by molar-refractivity contribution is 7.91. The highest BCUT2D eigenvalue weighted by atomic mass is 32.2. The molecule has 1 fully saturated rings. The highest BCUT2D eigenvalue weighted by Gasteiger charge is 2.35. The Morgan fingerprint density at radius 2 is 2.07 bits per heavy atom. The number of aryl methyl sites for hydroxylation is 1. The van der Waals surface area contributed by atoms with Crippen molar-refractivity contribution in [3.8, 4) is 5.75 Å². The molecule has 3 heterocycles. The predicted molar refractivity (Wildman–Crippen MR) is 110 cm³/mol. The second kappa shape index (κ2) is 7.84. The molecule has 29 heavy (non-hydrogen) atoms. The van der Waals surface area contributed by atoms with Gasteiger partial charge in [0.25, 0.3) is 5.91 Å². The lowest BCUT2D eigenvalue weighted by Gasteiger charge is -2.34. The number of aromatic nitrogens is 2. The van der Waals surface area contributed by atoms with E-state index in [1.807, 2.05) is 0 Å². The molecule has 0 spiro atoms. The van der Waals surface area contributed by atoms with E-state index in [1.165, 1.54) is 6.20 Å². The number of hydrogen-bond donors (Lipinski definition) is 4. The van der Waals surface area contributed by atoms with Gasteiger partial charge in [-0.25, -0.2) is 18.4 Å². The summed E-state index contributed by atoms with van der Waals surface area (Å²) in [5.41, 5.74) is 12.1. The van der Waals surface area contributed by atoms with Crippen LogP contribution in [0.25, 0.3) is 0 Å². The monoisotopic (exact) mass is 420 g/mol. The number of nitrogens with zero attached hydrogens (tertiary/aromatic N) is 2. The summed E-state index contributed by atoms with van der Waals surface area (Å²) in [4.78, 5) is 20.3. The normalized spacial score (nSPS) is 20.7. The Morgan fingerprint density at radius 3 is 2.72 bits per heavy atom. The Morgan fingerprint density at radius 1 is 1.31 bits per heavy atom. The lowest BCUT2D eigenvalue weighted by molar-refractivity contribution is 0.0996. The molecule has 6 N–H and O–H groups in total. The van der Waals surface area contributed by atoms with Crippen molar-refractivity contribution in [3.63, 3.8) is 0 Å². The van der Waals surface area contributed by atoms with Crippen LogP contribution in [0.1, 0.15) is 29.0 Å². The molecule has 0 unspecified atom stereocenters. The van der Waals surface area contributed by atoms with Crippen molar-refractivity contribution < 1.29 is 17.9 Å². The molecular weight excluding hydrogens is 396 g/mol. The largest absolute Gasteiger partial charge is 0.497 e. The zero-order valence-electron chi connectivity index (χ0n) is 16.2. The second-order valence-electron chi connectivity index (χ2n) is 7.12. The molecule has 0 bridgehead atoms. The molecule has 1 aliphatic rings. The third-order valence-electron chi connectivity index (χ3n) is 4.50. The molecule has 2 aromatic heterocycles. The number of nitrogens with one attached hydrogen (secondary N) is 2. The van der Waals surface area contributed by atoms with E-state index in [9.17, 15) is 13.2 Å². The number of amides is 1. The zero-order valence-corrected chi connectivity index (χ0v) is 17.0. The average molecular weight is 420 g/mol. The van der Waals surface area contributed by atoms with E-state index in [0.29, 0.717) is 41.5 Å². The van der Waals surface area contributed by atoms with E-state index in [0.717, 1.165) is 0 Å². The van der Waals surface area contributed by atoms with Gasteiger partial charge in [-0.2, -0.15) is 0 Å². The number of nitrogens with two attached hydrogens (primary N) is 2. The maximum atomic E-state index is 12.0. The molecule has 11 heteroatoms. The number of ether oxygens (including phenoxy) is 1. The van der Waals surface area contributed by atoms with Gasteiger partial charge >= 0.3 is 0 Å². The minimum atomic E-state index is -3.22. The van der Waals surface area contributed by atoms with Crippen molar-refractivity contribution in [1.82, 2.24) is 9.97 Å². The lowest BCUT2D eigenvalue weighted by Crippen LogP contribution is -2.56. The third-order valence-corrected chi connectivity index (χ3v) is 6.36. The fraction of sp³-hybridized carbons (Fsp3) is 0.389. The maximum absolute atomic E-state index is 12.0. The van der Waals surface area contributed by atoms with Crippen molar-refractivity contribution in [2.75, 3.05) is 29.2 Å². The van der Waals surface area contributed by atoms with Gasteiger partial charge in [0.1, 0.15) is 11.6 Å². The van der Waals surface area contributed by atoms with E-state index in [1.54, 1.807) is 32.2 Å². The minimum Gasteiger partial charge on any atom is -0.497 e. The number of carbonyl (C=O) groups is 1. The third kappa shape index (κ3) is 5.12. The van der Waals surface area contributed by atoms with Gasteiger partial charge in [-0.1, -0.05) is 0 Å². The first-order chi connectivity index (χ1) is 13.6. The van der Waals surface area contributed by atoms with E-state index in [-0.39, 0.29) is 17.2 Å². The van der Waals surface area contributed by atoms with Crippen LogP contribution in [0, 0.1) is 6.92 Å². The van der Waals surface area contributed by atoms with Gasteiger partial charge in [0.15, 0.2) is 15.5 Å². The Labute approximate surface area is 169 Å². The molecule has 0 radical (unpaired) electrons. The number of sulfone groups is 1. The van der Waals surface area contributed by atoms with Crippen molar-refractivity contribution in [2.24, 2.45) is 11.5 Å². The Hall–Kier alpha value is -2.92. The number of pyridine rings is 2. The maximum Gasteiger partial charge on any atom is 0.269 e. The summed E-state index contributed by atoms with van der Waals surface area (Å²) >= 11 is 0. The molecule has 156 valence electrons. The number of hydrogen-bond acceptors (Lipinski definition) is 9. The van der Waals surface area contributed by atoms with Crippen LogP contribution in [0.3, 0.4) is 0 Å².